The minimum atomic E-state index is -3.67. The molecule has 13 heteroatoms. The Bertz CT molecular complexity index is 973. The van der Waals surface area contributed by atoms with Crippen molar-refractivity contribution in [1.82, 2.24) is 14.9 Å². The molecule has 1 aromatic carbocycles. The fourth-order valence-corrected chi connectivity index (χ4v) is 2.94. The highest BCUT2D eigenvalue weighted by molar-refractivity contribution is 7.85. The van der Waals surface area contributed by atoms with Crippen LogP contribution in [-0.4, -0.2) is 65.7 Å². The molecule has 1 aromatic heterocycles. The standard InChI is InChI=1S/C18H19ClF2N4O2.CH4O3S/c19-15-4-2-13(3-5-15)11-27-17(26)25-9-6-14(18(20,21)12-25)10-24-16-22-7-1-8-23-16;1-5(2,3)4/h1-5,7-8,14H,6,9-12H2,(H,22,23,24);1H3,(H,2,3,4). The second kappa shape index (κ2) is 11.3. The molecular formula is C19H23ClF2N4O5S. The third-order valence-corrected chi connectivity index (χ3v) is 4.60. The van der Waals surface area contributed by atoms with Gasteiger partial charge in [-0.3, -0.25) is 4.55 Å². The highest BCUT2D eigenvalue weighted by Crippen LogP contribution is 2.33. The van der Waals surface area contributed by atoms with Crippen LogP contribution in [0.15, 0.2) is 42.7 Å². The van der Waals surface area contributed by atoms with E-state index in [4.69, 9.17) is 20.9 Å². The van der Waals surface area contributed by atoms with Gasteiger partial charge in [-0.2, -0.15) is 8.42 Å². The zero-order chi connectivity index (χ0) is 23.8. The molecule has 1 atom stereocenters. The molecule has 0 spiro atoms. The number of piperidine rings is 1. The summed E-state index contributed by atoms with van der Waals surface area (Å²) in [6.45, 7) is -0.426. The van der Waals surface area contributed by atoms with Crippen LogP contribution < -0.4 is 5.32 Å². The molecule has 0 aliphatic carbocycles. The van der Waals surface area contributed by atoms with Gasteiger partial charge in [-0.1, -0.05) is 23.7 Å². The zero-order valence-corrected chi connectivity index (χ0v) is 18.7. The van der Waals surface area contributed by atoms with Gasteiger partial charge in [-0.25, -0.2) is 23.5 Å². The predicted molar refractivity (Wildman–Crippen MR) is 114 cm³/mol. The second-order valence-electron chi connectivity index (χ2n) is 7.04. The summed E-state index contributed by atoms with van der Waals surface area (Å²) in [4.78, 5) is 21.1. The first-order valence-corrected chi connectivity index (χ1v) is 11.6. The van der Waals surface area contributed by atoms with Gasteiger partial charge in [-0.05, 0) is 30.2 Å². The molecule has 176 valence electrons. The minimum Gasteiger partial charge on any atom is -0.445 e. The molecule has 2 aromatic rings. The van der Waals surface area contributed by atoms with Gasteiger partial charge in [0.25, 0.3) is 16.0 Å². The van der Waals surface area contributed by atoms with Crippen molar-refractivity contribution in [1.29, 1.82) is 0 Å². The first kappa shape index (κ1) is 25.7. The van der Waals surface area contributed by atoms with E-state index in [-0.39, 0.29) is 26.1 Å². The summed E-state index contributed by atoms with van der Waals surface area (Å²) in [5.41, 5.74) is 0.737. The van der Waals surface area contributed by atoms with Gasteiger partial charge in [0.2, 0.25) is 5.95 Å². The molecule has 2 N–H and O–H groups in total. The number of carbonyl (C=O) groups is 1. The summed E-state index contributed by atoms with van der Waals surface area (Å²) < 4.78 is 59.9. The number of nitrogens with one attached hydrogen (secondary N) is 1. The molecule has 2 heterocycles. The number of halogens is 3. The molecule has 0 bridgehead atoms. The van der Waals surface area contributed by atoms with Gasteiger partial charge in [0, 0.05) is 36.4 Å². The number of nitrogens with zero attached hydrogens (tertiary/aromatic N) is 3. The molecule has 0 saturated carbocycles. The van der Waals surface area contributed by atoms with Crippen molar-refractivity contribution in [3.63, 3.8) is 0 Å². The number of likely N-dealkylation sites (tertiary alicyclic amines) is 1. The lowest BCUT2D eigenvalue weighted by molar-refractivity contribution is -0.102. The molecule has 1 aliphatic heterocycles. The number of aromatic nitrogens is 2. The fourth-order valence-electron chi connectivity index (χ4n) is 2.81. The van der Waals surface area contributed by atoms with Crippen LogP contribution in [0.1, 0.15) is 12.0 Å². The number of hydrogen-bond donors (Lipinski definition) is 2. The van der Waals surface area contributed by atoms with E-state index in [1.165, 1.54) is 12.4 Å². The molecule has 0 radical (unpaired) electrons. The van der Waals surface area contributed by atoms with E-state index in [1.54, 1.807) is 30.3 Å². The quantitative estimate of drug-likeness (QED) is 0.609. The lowest BCUT2D eigenvalue weighted by Crippen LogP contribution is -2.52. The maximum Gasteiger partial charge on any atom is 0.410 e. The van der Waals surface area contributed by atoms with Crippen molar-refractivity contribution in [3.05, 3.63) is 53.3 Å². The Morgan fingerprint density at radius 2 is 1.91 bits per heavy atom. The Morgan fingerprint density at radius 1 is 1.31 bits per heavy atom. The molecule has 1 amide bonds. The van der Waals surface area contributed by atoms with Gasteiger partial charge < -0.3 is 15.0 Å². The lowest BCUT2D eigenvalue weighted by Gasteiger charge is -2.37. The van der Waals surface area contributed by atoms with Crippen molar-refractivity contribution in [3.8, 4) is 0 Å². The molecule has 1 saturated heterocycles. The van der Waals surface area contributed by atoms with Crippen LogP contribution in [-0.2, 0) is 21.5 Å². The van der Waals surface area contributed by atoms with Crippen molar-refractivity contribution < 1.29 is 31.3 Å². The van der Waals surface area contributed by atoms with Crippen LogP contribution in [0, 0.1) is 5.92 Å². The Hall–Kier alpha value is -2.57. The third kappa shape index (κ3) is 9.28. The summed E-state index contributed by atoms with van der Waals surface area (Å²) in [6, 6.07) is 8.43. The highest BCUT2D eigenvalue weighted by Gasteiger charge is 2.46. The zero-order valence-electron chi connectivity index (χ0n) is 17.1. The van der Waals surface area contributed by atoms with Crippen LogP contribution in [0.5, 0.6) is 0 Å². The fraction of sp³-hybridized carbons (Fsp3) is 0.421. The van der Waals surface area contributed by atoms with E-state index >= 15 is 0 Å². The van der Waals surface area contributed by atoms with Crippen LogP contribution in [0.4, 0.5) is 19.5 Å². The van der Waals surface area contributed by atoms with E-state index in [0.717, 1.165) is 10.5 Å². The smallest absolute Gasteiger partial charge is 0.410 e. The maximum atomic E-state index is 14.4. The summed E-state index contributed by atoms with van der Waals surface area (Å²) in [6.07, 6.45) is 3.19. The Kier molecular flexibility index (Phi) is 9.10. The van der Waals surface area contributed by atoms with Crippen molar-refractivity contribution in [2.45, 2.75) is 19.0 Å². The van der Waals surface area contributed by atoms with E-state index in [9.17, 15) is 22.0 Å². The van der Waals surface area contributed by atoms with Gasteiger partial charge in [0.05, 0.1) is 12.8 Å². The van der Waals surface area contributed by atoms with E-state index in [1.807, 2.05) is 0 Å². The number of alkyl halides is 2. The average Bonchev–Trinajstić information content (AvgIpc) is 2.71. The molecule has 3 rings (SSSR count). The number of rotatable bonds is 5. The summed E-state index contributed by atoms with van der Waals surface area (Å²) in [5, 5.41) is 3.39. The second-order valence-corrected chi connectivity index (χ2v) is 8.94. The van der Waals surface area contributed by atoms with E-state index < -0.39 is 34.6 Å². The van der Waals surface area contributed by atoms with E-state index in [0.29, 0.717) is 17.2 Å². The van der Waals surface area contributed by atoms with Crippen molar-refractivity contribution in [2.75, 3.05) is 31.2 Å². The maximum absolute atomic E-state index is 14.4. The number of ether oxygens (including phenoxy) is 1. The van der Waals surface area contributed by atoms with Gasteiger partial charge >= 0.3 is 6.09 Å². The number of hydrogen-bond acceptors (Lipinski definition) is 7. The molecular weight excluding hydrogens is 470 g/mol. The number of carbonyl (C=O) groups excluding carboxylic acids is 1. The number of amides is 1. The van der Waals surface area contributed by atoms with Crippen LogP contribution in [0.2, 0.25) is 5.02 Å². The molecule has 1 aliphatic rings. The van der Waals surface area contributed by atoms with Gasteiger partial charge in [0.15, 0.2) is 0 Å². The first-order valence-electron chi connectivity index (χ1n) is 9.41. The van der Waals surface area contributed by atoms with Crippen LogP contribution >= 0.6 is 11.6 Å². The summed E-state index contributed by atoms with van der Waals surface area (Å²) >= 11 is 5.79. The summed E-state index contributed by atoms with van der Waals surface area (Å²) in [7, 11) is -3.67. The summed E-state index contributed by atoms with van der Waals surface area (Å²) in [5.74, 6) is -3.64. The Balaban J connectivity index is 0.000000654. The SMILES string of the molecule is CS(=O)(=O)O.O=C(OCc1ccc(Cl)cc1)N1CCC(CNc2ncccn2)C(F)(F)C1. The third-order valence-electron chi connectivity index (χ3n) is 4.35. The normalized spacial score (nSPS) is 17.7. The lowest BCUT2D eigenvalue weighted by atomic mass is 9.93. The minimum absolute atomic E-state index is 0.00834. The van der Waals surface area contributed by atoms with Crippen molar-refractivity contribution >= 4 is 33.8 Å². The highest BCUT2D eigenvalue weighted by atomic mass is 35.5. The Morgan fingerprint density at radius 3 is 2.47 bits per heavy atom. The molecule has 9 nitrogen and oxygen atoms in total. The predicted octanol–water partition coefficient (Wildman–Crippen LogP) is 3.34. The topological polar surface area (TPSA) is 122 Å². The number of benzene rings is 1. The van der Waals surface area contributed by atoms with Crippen molar-refractivity contribution in [2.24, 2.45) is 5.92 Å². The van der Waals surface area contributed by atoms with Gasteiger partial charge in [0.1, 0.15) is 6.61 Å². The number of anilines is 1. The van der Waals surface area contributed by atoms with Crippen LogP contribution in [0.3, 0.4) is 0 Å². The molecule has 32 heavy (non-hydrogen) atoms. The molecule has 1 fully saturated rings. The average molecular weight is 493 g/mol. The monoisotopic (exact) mass is 492 g/mol. The van der Waals surface area contributed by atoms with Crippen LogP contribution in [0.25, 0.3) is 0 Å². The molecule has 1 unspecified atom stereocenters. The largest absolute Gasteiger partial charge is 0.445 e. The first-order chi connectivity index (χ1) is 14.9. The van der Waals surface area contributed by atoms with Gasteiger partial charge in [-0.15, -0.1) is 0 Å². The van der Waals surface area contributed by atoms with E-state index in [2.05, 4.69) is 15.3 Å². The Labute approximate surface area is 189 Å².